The number of benzene rings is 2. The summed E-state index contributed by atoms with van der Waals surface area (Å²) in [6.45, 7) is 0. The molecule has 0 saturated heterocycles. The lowest BCUT2D eigenvalue weighted by Gasteiger charge is -2.03. The standard InChI is InChI=1S/C20H15N3O3/c1-26-19(24)11-6-15-2-7-17(8-3-15)22-12-13-23(20(22)25)18-9-4-16(14-21)5-10-18/h2-13H,1H3. The van der Waals surface area contributed by atoms with E-state index < -0.39 is 5.97 Å². The molecule has 0 unspecified atom stereocenters. The number of hydrogen-bond acceptors (Lipinski definition) is 4. The van der Waals surface area contributed by atoms with Crippen molar-refractivity contribution in [1.29, 1.82) is 5.26 Å². The number of ether oxygens (including phenoxy) is 1. The van der Waals surface area contributed by atoms with Crippen LogP contribution in [-0.2, 0) is 9.53 Å². The number of aromatic nitrogens is 2. The average Bonchev–Trinajstić information content (AvgIpc) is 3.08. The van der Waals surface area contributed by atoms with Crippen LogP contribution < -0.4 is 5.69 Å². The molecule has 0 amide bonds. The molecule has 2 aromatic carbocycles. The minimum Gasteiger partial charge on any atom is -0.466 e. The molecule has 3 rings (SSSR count). The molecule has 0 saturated carbocycles. The molecule has 1 heterocycles. The lowest BCUT2D eigenvalue weighted by molar-refractivity contribution is -0.134. The lowest BCUT2D eigenvalue weighted by Crippen LogP contribution is -2.21. The van der Waals surface area contributed by atoms with Gasteiger partial charge in [-0.1, -0.05) is 12.1 Å². The normalized spacial score (nSPS) is 10.6. The van der Waals surface area contributed by atoms with Gasteiger partial charge in [0.2, 0.25) is 0 Å². The molecule has 1 aromatic heterocycles. The van der Waals surface area contributed by atoms with Crippen molar-refractivity contribution in [1.82, 2.24) is 9.13 Å². The van der Waals surface area contributed by atoms with Crippen LogP contribution in [0.1, 0.15) is 11.1 Å². The Labute approximate surface area is 149 Å². The van der Waals surface area contributed by atoms with E-state index in [1.165, 1.54) is 22.3 Å². The van der Waals surface area contributed by atoms with E-state index in [0.717, 1.165) is 5.56 Å². The molecule has 0 atom stereocenters. The van der Waals surface area contributed by atoms with Crippen molar-refractivity contribution in [2.24, 2.45) is 0 Å². The predicted molar refractivity (Wildman–Crippen MR) is 97.1 cm³/mol. The largest absolute Gasteiger partial charge is 0.466 e. The van der Waals surface area contributed by atoms with Gasteiger partial charge in [-0.25, -0.2) is 9.59 Å². The maximum atomic E-state index is 12.6. The number of imidazole rings is 1. The first kappa shape index (κ1) is 17.0. The van der Waals surface area contributed by atoms with Crippen LogP contribution in [-0.4, -0.2) is 22.2 Å². The van der Waals surface area contributed by atoms with Crippen molar-refractivity contribution < 1.29 is 9.53 Å². The van der Waals surface area contributed by atoms with Gasteiger partial charge in [0.25, 0.3) is 0 Å². The molecule has 3 aromatic rings. The second-order valence-corrected chi connectivity index (χ2v) is 5.43. The SMILES string of the molecule is COC(=O)C=Cc1ccc(-n2ccn(-c3ccc(C#N)cc3)c2=O)cc1. The molecule has 6 nitrogen and oxygen atoms in total. The van der Waals surface area contributed by atoms with Crippen molar-refractivity contribution in [2.45, 2.75) is 0 Å². The lowest BCUT2D eigenvalue weighted by atomic mass is 10.2. The molecule has 0 radical (unpaired) electrons. The molecule has 0 aliphatic carbocycles. The fourth-order valence-electron chi connectivity index (χ4n) is 2.44. The summed E-state index contributed by atoms with van der Waals surface area (Å²) in [4.78, 5) is 23.8. The Morgan fingerprint density at radius 3 is 2.04 bits per heavy atom. The van der Waals surface area contributed by atoms with E-state index in [1.807, 2.05) is 0 Å². The van der Waals surface area contributed by atoms with Crippen molar-refractivity contribution in [3.8, 4) is 17.4 Å². The van der Waals surface area contributed by atoms with Crippen molar-refractivity contribution in [3.63, 3.8) is 0 Å². The second kappa shape index (κ2) is 7.36. The summed E-state index contributed by atoms with van der Waals surface area (Å²) in [5.41, 5.74) is 2.53. The monoisotopic (exact) mass is 345 g/mol. The quantitative estimate of drug-likeness (QED) is 0.538. The number of nitriles is 1. The molecule has 0 N–H and O–H groups in total. The van der Waals surface area contributed by atoms with E-state index in [1.54, 1.807) is 67.0 Å². The highest BCUT2D eigenvalue weighted by Crippen LogP contribution is 2.12. The molecule has 0 aliphatic heterocycles. The molecule has 6 heteroatoms. The first-order valence-electron chi connectivity index (χ1n) is 7.79. The van der Waals surface area contributed by atoms with Gasteiger partial charge < -0.3 is 4.74 Å². The van der Waals surface area contributed by atoms with E-state index in [0.29, 0.717) is 16.9 Å². The summed E-state index contributed by atoms with van der Waals surface area (Å²) < 4.78 is 7.57. The Kier molecular flexibility index (Phi) is 4.81. The van der Waals surface area contributed by atoms with Gasteiger partial charge in [-0.3, -0.25) is 9.13 Å². The van der Waals surface area contributed by atoms with Gasteiger partial charge in [0.1, 0.15) is 0 Å². The Morgan fingerprint density at radius 2 is 1.54 bits per heavy atom. The van der Waals surface area contributed by atoms with Crippen molar-refractivity contribution in [3.05, 3.63) is 88.6 Å². The van der Waals surface area contributed by atoms with Crippen LogP contribution in [0.2, 0.25) is 0 Å². The summed E-state index contributed by atoms with van der Waals surface area (Å²) in [7, 11) is 1.32. The van der Waals surface area contributed by atoms with Crippen molar-refractivity contribution in [2.75, 3.05) is 7.11 Å². The Balaban J connectivity index is 1.88. The number of carbonyl (C=O) groups excluding carboxylic acids is 1. The number of nitrogens with zero attached hydrogens (tertiary/aromatic N) is 3. The van der Waals surface area contributed by atoms with Gasteiger partial charge in [0.15, 0.2) is 0 Å². The second-order valence-electron chi connectivity index (χ2n) is 5.43. The predicted octanol–water partition coefficient (Wildman–Crippen LogP) is 2.69. The van der Waals surface area contributed by atoms with E-state index >= 15 is 0 Å². The van der Waals surface area contributed by atoms with Crippen LogP contribution in [0.4, 0.5) is 0 Å². The topological polar surface area (TPSA) is 77.0 Å². The zero-order valence-corrected chi connectivity index (χ0v) is 14.0. The summed E-state index contributed by atoms with van der Waals surface area (Å²) >= 11 is 0. The highest BCUT2D eigenvalue weighted by atomic mass is 16.5. The molecule has 128 valence electrons. The van der Waals surface area contributed by atoms with E-state index in [-0.39, 0.29) is 5.69 Å². The first-order chi connectivity index (χ1) is 12.6. The molecule has 0 spiro atoms. The summed E-state index contributed by atoms with van der Waals surface area (Å²) in [5, 5.41) is 8.86. The minimum absolute atomic E-state index is 0.215. The van der Waals surface area contributed by atoms with Gasteiger partial charge in [0, 0.05) is 18.5 Å². The smallest absolute Gasteiger partial charge is 0.337 e. The highest BCUT2D eigenvalue weighted by molar-refractivity contribution is 5.86. The summed E-state index contributed by atoms with van der Waals surface area (Å²) in [6, 6.07) is 16.0. The molecule has 0 bridgehead atoms. The van der Waals surface area contributed by atoms with Gasteiger partial charge in [-0.15, -0.1) is 0 Å². The van der Waals surface area contributed by atoms with E-state index in [9.17, 15) is 9.59 Å². The van der Waals surface area contributed by atoms with E-state index in [4.69, 9.17) is 5.26 Å². The van der Waals surface area contributed by atoms with Crippen LogP contribution in [0.15, 0.2) is 71.8 Å². The zero-order valence-electron chi connectivity index (χ0n) is 14.0. The molecule has 26 heavy (non-hydrogen) atoms. The summed E-state index contributed by atoms with van der Waals surface area (Å²) in [5.74, 6) is -0.426. The van der Waals surface area contributed by atoms with Crippen LogP contribution in [0.3, 0.4) is 0 Å². The van der Waals surface area contributed by atoms with Gasteiger partial charge in [0.05, 0.1) is 30.1 Å². The van der Waals surface area contributed by atoms with E-state index in [2.05, 4.69) is 10.8 Å². The number of hydrogen-bond donors (Lipinski definition) is 0. The molecular formula is C20H15N3O3. The number of rotatable bonds is 4. The van der Waals surface area contributed by atoms with Crippen LogP contribution in [0.25, 0.3) is 17.5 Å². The first-order valence-corrected chi connectivity index (χ1v) is 7.79. The Morgan fingerprint density at radius 1 is 1.00 bits per heavy atom. The Bertz CT molecular complexity index is 1050. The fraction of sp³-hybridized carbons (Fsp3) is 0.0500. The minimum atomic E-state index is -0.426. The summed E-state index contributed by atoms with van der Waals surface area (Å²) in [6.07, 6.45) is 6.33. The molecular weight excluding hydrogens is 330 g/mol. The Hall–Kier alpha value is -3.85. The average molecular weight is 345 g/mol. The zero-order chi connectivity index (χ0) is 18.5. The number of carbonyl (C=O) groups is 1. The van der Waals surface area contributed by atoms with Gasteiger partial charge >= 0.3 is 11.7 Å². The maximum absolute atomic E-state index is 12.6. The van der Waals surface area contributed by atoms with Crippen LogP contribution >= 0.6 is 0 Å². The van der Waals surface area contributed by atoms with Crippen molar-refractivity contribution >= 4 is 12.0 Å². The molecule has 0 fully saturated rings. The van der Waals surface area contributed by atoms with Gasteiger partial charge in [-0.05, 0) is 48.0 Å². The maximum Gasteiger partial charge on any atom is 0.337 e. The highest BCUT2D eigenvalue weighted by Gasteiger charge is 2.07. The third-order valence-electron chi connectivity index (χ3n) is 3.84. The third-order valence-corrected chi connectivity index (χ3v) is 3.84. The van der Waals surface area contributed by atoms with Crippen LogP contribution in [0, 0.1) is 11.3 Å². The van der Waals surface area contributed by atoms with Gasteiger partial charge in [-0.2, -0.15) is 5.26 Å². The number of esters is 1. The fourth-order valence-corrected chi connectivity index (χ4v) is 2.44. The molecule has 0 aliphatic rings. The third kappa shape index (κ3) is 3.47. The number of methoxy groups -OCH3 is 1. The van der Waals surface area contributed by atoms with Crippen LogP contribution in [0.5, 0.6) is 0 Å².